The Morgan fingerprint density at radius 2 is 0.500 bits per heavy atom. The molecule has 2 aromatic heterocycles. The summed E-state index contributed by atoms with van der Waals surface area (Å²) in [5.41, 5.74) is 24.5. The molecule has 0 aliphatic rings. The maximum absolute atomic E-state index is 2.56. The number of hydrogen-bond donors (Lipinski definition) is 0. The Morgan fingerprint density at radius 1 is 0.205 bits per heavy atom. The van der Waals surface area contributed by atoms with Crippen molar-refractivity contribution in [2.75, 3.05) is 0 Å². The van der Waals surface area contributed by atoms with Gasteiger partial charge in [0, 0.05) is 32.9 Å². The highest BCUT2D eigenvalue weighted by Crippen LogP contribution is 2.49. The van der Waals surface area contributed by atoms with Crippen molar-refractivity contribution in [3.8, 4) is 55.9 Å². The SMILES string of the molecule is CC(C)(C)c1ccc2c(c1)c1cc(C(C)(C)C)ccc1n2-c1cccc(-c2cc(-c3ccc(C(C)(C)C)c4ccccc34)c(-c3cccc(-n4c5ccc(C(C)(C)C)cc5c5cc(C(C)(C)C)ccc54)c3)cc2-c2ccc(C(C)(C)C)c3ccccc23)c1. The van der Waals surface area contributed by atoms with Crippen LogP contribution in [0, 0.1) is 0 Å². The first-order valence-corrected chi connectivity index (χ1v) is 32.1. The summed E-state index contributed by atoms with van der Waals surface area (Å²) in [5.74, 6) is 0. The molecular weight excluding hydrogens is 1060 g/mol. The first-order valence-electron chi connectivity index (χ1n) is 32.1. The standard InChI is InChI=1S/C86H88N2/c1-81(2,3)55-33-41-77-71(47-55)72-48-56(82(4,5)6)34-42-78(72)87(77)59-27-23-25-53(45-59)67-51-70(64-38-40-76(86(16,17)18)66-32-22-20-30-62(64)66)68(52-69(67)63-37-39-75(85(13,14)15)65-31-21-19-29-61(63)65)54-26-24-28-60(46-54)88-79-43-35-57(83(7,8)9)49-73(79)74-50-58(84(10,11)12)36-44-80(74)88/h19-52H,1-18H3. The number of rotatable bonds is 6. The topological polar surface area (TPSA) is 9.86 Å². The molecule has 0 saturated carbocycles. The Balaban J connectivity index is 1.13. The maximum atomic E-state index is 2.56. The summed E-state index contributed by atoms with van der Waals surface area (Å²) in [5, 5.41) is 10.2. The van der Waals surface area contributed by atoms with Crippen molar-refractivity contribution in [3.63, 3.8) is 0 Å². The van der Waals surface area contributed by atoms with Gasteiger partial charge in [-0.3, -0.25) is 0 Å². The highest BCUT2D eigenvalue weighted by molar-refractivity contribution is 6.13. The third-order valence-electron chi connectivity index (χ3n) is 19.0. The normalized spacial score (nSPS) is 13.1. The molecule has 0 saturated heterocycles. The average Bonchev–Trinajstić information content (AvgIpc) is 1.51. The van der Waals surface area contributed by atoms with Crippen LogP contribution < -0.4 is 0 Å². The predicted molar refractivity (Wildman–Crippen MR) is 384 cm³/mol. The van der Waals surface area contributed by atoms with Gasteiger partial charge in [-0.2, -0.15) is 0 Å². The largest absolute Gasteiger partial charge is 0.309 e. The molecule has 0 amide bonds. The van der Waals surface area contributed by atoms with Gasteiger partial charge in [0.15, 0.2) is 0 Å². The fourth-order valence-electron chi connectivity index (χ4n) is 14.0. The van der Waals surface area contributed by atoms with Crippen LogP contribution in [0.3, 0.4) is 0 Å². The van der Waals surface area contributed by atoms with E-state index in [0.717, 1.165) is 22.5 Å². The van der Waals surface area contributed by atoms with Gasteiger partial charge >= 0.3 is 0 Å². The minimum absolute atomic E-state index is 0.00259. The number of nitrogens with zero attached hydrogens (tertiary/aromatic N) is 2. The molecule has 2 nitrogen and oxygen atoms in total. The molecule has 13 aromatic rings. The second-order valence-corrected chi connectivity index (χ2v) is 31.6. The molecule has 0 unspecified atom stereocenters. The molecule has 0 spiro atoms. The smallest absolute Gasteiger partial charge is 0.0541 e. The zero-order valence-corrected chi connectivity index (χ0v) is 55.5. The molecule has 442 valence electrons. The molecule has 0 aliphatic heterocycles. The summed E-state index contributed by atoms with van der Waals surface area (Å²) in [4.78, 5) is 0. The Kier molecular flexibility index (Phi) is 13.7. The van der Waals surface area contributed by atoms with Crippen LogP contribution >= 0.6 is 0 Å². The first kappa shape index (κ1) is 58.6. The molecule has 11 aromatic carbocycles. The van der Waals surface area contributed by atoms with E-state index in [1.54, 1.807) is 0 Å². The Hall–Kier alpha value is -8.46. The zero-order valence-electron chi connectivity index (χ0n) is 55.5. The quantitative estimate of drug-likeness (QED) is 0.157. The predicted octanol–water partition coefficient (Wildman–Crippen LogP) is 24.6. The van der Waals surface area contributed by atoms with Crippen molar-refractivity contribution in [2.24, 2.45) is 0 Å². The molecule has 88 heavy (non-hydrogen) atoms. The summed E-state index contributed by atoms with van der Waals surface area (Å²) in [6.45, 7) is 41.9. The molecule has 0 radical (unpaired) electrons. The lowest BCUT2D eigenvalue weighted by Crippen LogP contribution is -2.12. The fraction of sp³-hybridized carbons (Fsp3) is 0.279. The van der Waals surface area contributed by atoms with Gasteiger partial charge in [-0.25, -0.2) is 0 Å². The Morgan fingerprint density at radius 3 is 0.784 bits per heavy atom. The summed E-state index contributed by atoms with van der Waals surface area (Å²) >= 11 is 0. The van der Waals surface area contributed by atoms with Crippen molar-refractivity contribution < 1.29 is 0 Å². The van der Waals surface area contributed by atoms with E-state index in [2.05, 4.69) is 340 Å². The zero-order chi connectivity index (χ0) is 62.4. The van der Waals surface area contributed by atoms with E-state index in [0.29, 0.717) is 0 Å². The second-order valence-electron chi connectivity index (χ2n) is 31.6. The van der Waals surface area contributed by atoms with Crippen molar-refractivity contribution in [1.82, 2.24) is 9.13 Å². The summed E-state index contributed by atoms with van der Waals surface area (Å²) in [7, 11) is 0. The van der Waals surface area contributed by atoms with E-state index in [9.17, 15) is 0 Å². The van der Waals surface area contributed by atoms with Crippen molar-refractivity contribution >= 4 is 65.2 Å². The lowest BCUT2D eigenvalue weighted by atomic mass is 9.79. The lowest BCUT2D eigenvalue weighted by molar-refractivity contribution is 0.590. The number of aromatic nitrogens is 2. The Labute approximate surface area is 523 Å². The van der Waals surface area contributed by atoms with E-state index in [4.69, 9.17) is 0 Å². The van der Waals surface area contributed by atoms with Gasteiger partial charge in [-0.15, -0.1) is 0 Å². The molecule has 0 bridgehead atoms. The maximum Gasteiger partial charge on any atom is 0.0541 e. The monoisotopic (exact) mass is 1150 g/mol. The summed E-state index contributed by atoms with van der Waals surface area (Å²) < 4.78 is 5.03. The van der Waals surface area contributed by atoms with Gasteiger partial charge < -0.3 is 9.13 Å². The summed E-state index contributed by atoms with van der Waals surface area (Å²) in [6.07, 6.45) is 0. The fourth-order valence-corrected chi connectivity index (χ4v) is 14.0. The third kappa shape index (κ3) is 10.2. The van der Waals surface area contributed by atoms with Gasteiger partial charge in [0.2, 0.25) is 0 Å². The van der Waals surface area contributed by atoms with Gasteiger partial charge in [-0.05, 0) is 217 Å². The van der Waals surface area contributed by atoms with Crippen LogP contribution in [0.4, 0.5) is 0 Å². The van der Waals surface area contributed by atoms with Crippen LogP contribution in [0.25, 0.3) is 121 Å². The van der Waals surface area contributed by atoms with E-state index in [1.807, 2.05) is 0 Å². The highest BCUT2D eigenvalue weighted by Gasteiger charge is 2.28. The molecular formula is C86H88N2. The second kappa shape index (κ2) is 20.6. The van der Waals surface area contributed by atoms with Crippen molar-refractivity contribution in [1.29, 1.82) is 0 Å². The van der Waals surface area contributed by atoms with Crippen LogP contribution in [0.2, 0.25) is 0 Å². The van der Waals surface area contributed by atoms with E-state index in [1.165, 1.54) is 132 Å². The van der Waals surface area contributed by atoms with Gasteiger partial charge in [-0.1, -0.05) is 246 Å². The van der Waals surface area contributed by atoms with Crippen molar-refractivity contribution in [2.45, 2.75) is 157 Å². The molecule has 0 atom stereocenters. The third-order valence-corrected chi connectivity index (χ3v) is 19.0. The van der Waals surface area contributed by atoms with Crippen molar-refractivity contribution in [3.05, 3.63) is 240 Å². The Bertz CT molecular complexity index is 4490. The molecule has 2 heteroatoms. The van der Waals surface area contributed by atoms with E-state index in [-0.39, 0.29) is 32.5 Å². The highest BCUT2D eigenvalue weighted by atomic mass is 15.0. The minimum Gasteiger partial charge on any atom is -0.309 e. The van der Waals surface area contributed by atoms with Crippen LogP contribution in [0.5, 0.6) is 0 Å². The lowest BCUT2D eigenvalue weighted by Gasteiger charge is -2.25. The minimum atomic E-state index is -0.0654. The van der Waals surface area contributed by atoms with E-state index >= 15 is 0 Å². The number of fused-ring (bicyclic) bond motifs is 8. The molecule has 0 aliphatic carbocycles. The van der Waals surface area contributed by atoms with Gasteiger partial charge in [0.05, 0.1) is 22.1 Å². The molecule has 2 heterocycles. The van der Waals surface area contributed by atoms with Crippen LogP contribution in [-0.4, -0.2) is 9.13 Å². The number of benzene rings is 11. The molecule has 0 N–H and O–H groups in total. The summed E-state index contributed by atoms with van der Waals surface area (Å²) in [6, 6.07) is 80.5. The van der Waals surface area contributed by atoms with E-state index < -0.39 is 0 Å². The van der Waals surface area contributed by atoms with Gasteiger partial charge in [0.25, 0.3) is 0 Å². The number of hydrogen-bond acceptors (Lipinski definition) is 0. The van der Waals surface area contributed by atoms with Crippen LogP contribution in [-0.2, 0) is 32.5 Å². The first-order chi connectivity index (χ1) is 41.4. The van der Waals surface area contributed by atoms with Gasteiger partial charge in [0.1, 0.15) is 0 Å². The molecule has 13 rings (SSSR count). The molecule has 0 fully saturated rings. The van der Waals surface area contributed by atoms with Crippen LogP contribution in [0.15, 0.2) is 206 Å². The average molecular weight is 1150 g/mol. The van der Waals surface area contributed by atoms with Crippen LogP contribution in [0.1, 0.15) is 158 Å².